The number of hydrogen-bond donors (Lipinski definition) is 0. The number of hydrogen-bond acceptors (Lipinski definition) is 1. The van der Waals surface area contributed by atoms with Crippen molar-refractivity contribution in [3.05, 3.63) is 41.0 Å². The van der Waals surface area contributed by atoms with Gasteiger partial charge in [-0.05, 0) is 31.4 Å². The second-order valence-electron chi connectivity index (χ2n) is 3.54. The maximum Gasteiger partial charge on any atom is 0.160 e. The maximum absolute atomic E-state index is 11.2. The van der Waals surface area contributed by atoms with Gasteiger partial charge in [-0.15, -0.1) is 0 Å². The van der Waals surface area contributed by atoms with Gasteiger partial charge in [0.15, 0.2) is 5.78 Å². The molecule has 0 radical (unpaired) electrons. The molecule has 0 saturated carbocycles. The van der Waals surface area contributed by atoms with Gasteiger partial charge in [0, 0.05) is 5.57 Å². The molecule has 13 heavy (non-hydrogen) atoms. The minimum Gasteiger partial charge on any atom is -0.295 e. The van der Waals surface area contributed by atoms with Crippen molar-refractivity contribution in [3.8, 4) is 0 Å². The van der Waals surface area contributed by atoms with Crippen LogP contribution in [0.4, 0.5) is 0 Å². The van der Waals surface area contributed by atoms with E-state index < -0.39 is 0 Å². The van der Waals surface area contributed by atoms with Crippen LogP contribution in [0.1, 0.15) is 23.6 Å². The fraction of sp³-hybridized carbons (Fsp3) is 0.250. The summed E-state index contributed by atoms with van der Waals surface area (Å²) in [5.41, 5.74) is 4.55. The topological polar surface area (TPSA) is 17.1 Å². The third kappa shape index (κ3) is 1.31. The molecule has 0 aromatic heterocycles. The van der Waals surface area contributed by atoms with Gasteiger partial charge in [0.2, 0.25) is 0 Å². The highest BCUT2D eigenvalue weighted by Gasteiger charge is 2.16. The summed E-state index contributed by atoms with van der Waals surface area (Å²) in [5.74, 6) is 0.169. The molecular weight excluding hydrogens is 160 g/mol. The summed E-state index contributed by atoms with van der Waals surface area (Å²) in [6.45, 7) is 3.70. The molecule has 66 valence electrons. The van der Waals surface area contributed by atoms with Crippen molar-refractivity contribution in [1.29, 1.82) is 0 Å². The van der Waals surface area contributed by atoms with Gasteiger partial charge in [-0.25, -0.2) is 0 Å². The van der Waals surface area contributed by atoms with Crippen molar-refractivity contribution in [2.75, 3.05) is 0 Å². The molecule has 0 unspecified atom stereocenters. The first kappa shape index (κ1) is 8.24. The second-order valence-corrected chi connectivity index (χ2v) is 3.54. The lowest BCUT2D eigenvalue weighted by Gasteiger charge is -2.02. The zero-order valence-electron chi connectivity index (χ0n) is 7.92. The summed E-state index contributed by atoms with van der Waals surface area (Å²) in [6.07, 6.45) is 2.93. The number of allylic oxidation sites excluding steroid dienone is 2. The van der Waals surface area contributed by atoms with Crippen molar-refractivity contribution < 1.29 is 4.79 Å². The molecule has 1 aromatic carbocycles. The van der Waals surface area contributed by atoms with Gasteiger partial charge >= 0.3 is 0 Å². The van der Waals surface area contributed by atoms with Crippen molar-refractivity contribution >= 4 is 11.4 Å². The van der Waals surface area contributed by atoms with Gasteiger partial charge in [-0.2, -0.15) is 0 Å². The van der Waals surface area contributed by atoms with Crippen molar-refractivity contribution in [2.45, 2.75) is 20.3 Å². The van der Waals surface area contributed by atoms with Gasteiger partial charge in [0.1, 0.15) is 0 Å². The van der Waals surface area contributed by atoms with Crippen LogP contribution in [0.15, 0.2) is 24.3 Å². The smallest absolute Gasteiger partial charge is 0.160 e. The molecule has 0 atom stereocenters. The van der Waals surface area contributed by atoms with Crippen LogP contribution in [0.5, 0.6) is 0 Å². The zero-order valence-corrected chi connectivity index (χ0v) is 7.92. The Morgan fingerprint density at radius 2 is 2.15 bits per heavy atom. The largest absolute Gasteiger partial charge is 0.295 e. The number of rotatable bonds is 1. The van der Waals surface area contributed by atoms with E-state index in [-0.39, 0.29) is 5.78 Å². The molecule has 0 aliphatic heterocycles. The summed E-state index contributed by atoms with van der Waals surface area (Å²) in [7, 11) is 0. The maximum atomic E-state index is 11.2. The van der Waals surface area contributed by atoms with Crippen LogP contribution in [0.3, 0.4) is 0 Å². The lowest BCUT2D eigenvalue weighted by molar-refractivity contribution is -0.111. The van der Waals surface area contributed by atoms with E-state index in [9.17, 15) is 4.79 Å². The molecule has 0 spiro atoms. The normalized spacial score (nSPS) is 13.8. The van der Waals surface area contributed by atoms with Gasteiger partial charge < -0.3 is 0 Å². The van der Waals surface area contributed by atoms with Gasteiger partial charge in [-0.1, -0.05) is 29.8 Å². The van der Waals surface area contributed by atoms with E-state index in [1.165, 1.54) is 11.1 Å². The molecule has 0 saturated heterocycles. The molecule has 1 heteroatoms. The summed E-state index contributed by atoms with van der Waals surface area (Å²) in [6, 6.07) is 6.26. The monoisotopic (exact) mass is 172 g/mol. The van der Waals surface area contributed by atoms with E-state index in [1.54, 1.807) is 6.92 Å². The highest BCUT2D eigenvalue weighted by molar-refractivity contribution is 6.20. The third-order valence-electron chi connectivity index (χ3n) is 2.46. The molecule has 1 nitrogen and oxygen atoms in total. The Kier molecular flexibility index (Phi) is 1.80. The predicted octanol–water partition coefficient (Wildman–Crippen LogP) is 2.52. The third-order valence-corrected chi connectivity index (χ3v) is 2.46. The highest BCUT2D eigenvalue weighted by atomic mass is 16.1. The highest BCUT2D eigenvalue weighted by Crippen LogP contribution is 2.28. The molecule has 2 rings (SSSR count). The first-order chi connectivity index (χ1) is 6.18. The fourth-order valence-electron chi connectivity index (χ4n) is 1.81. The lowest BCUT2D eigenvalue weighted by atomic mass is 10.0. The van der Waals surface area contributed by atoms with Gasteiger partial charge in [0.25, 0.3) is 0 Å². The Bertz CT molecular complexity index is 400. The standard InChI is InChI=1S/C12H12O/c1-8-3-5-12-10(7-8)4-6-11(12)9(2)13/h3,5-7H,4H2,1-2H3. The molecule has 1 aliphatic rings. The van der Waals surface area contributed by atoms with E-state index in [2.05, 4.69) is 19.1 Å². The average Bonchev–Trinajstić information content (AvgIpc) is 2.46. The molecule has 0 bridgehead atoms. The van der Waals surface area contributed by atoms with Crippen molar-refractivity contribution in [1.82, 2.24) is 0 Å². The van der Waals surface area contributed by atoms with Crippen LogP contribution in [-0.4, -0.2) is 5.78 Å². The second kappa shape index (κ2) is 2.84. The van der Waals surface area contributed by atoms with E-state index >= 15 is 0 Å². The van der Waals surface area contributed by atoms with E-state index in [0.29, 0.717) is 0 Å². The van der Waals surface area contributed by atoms with Gasteiger partial charge in [0.05, 0.1) is 0 Å². The Labute approximate surface area is 78.1 Å². The van der Waals surface area contributed by atoms with Crippen LogP contribution in [-0.2, 0) is 11.2 Å². The molecule has 0 heterocycles. The predicted molar refractivity (Wildman–Crippen MR) is 53.5 cm³/mol. The minimum atomic E-state index is 0.169. The number of fused-ring (bicyclic) bond motifs is 1. The first-order valence-corrected chi connectivity index (χ1v) is 4.49. The number of Topliss-reactive ketones (excluding diaryl/α,β-unsaturated/α-hetero) is 1. The number of ketones is 1. The molecule has 1 aliphatic carbocycles. The molecule has 1 aromatic rings. The van der Waals surface area contributed by atoms with Crippen LogP contribution in [0.25, 0.3) is 5.57 Å². The average molecular weight is 172 g/mol. The molecule has 0 N–H and O–H groups in total. The summed E-state index contributed by atoms with van der Waals surface area (Å²) in [4.78, 5) is 11.2. The summed E-state index contributed by atoms with van der Waals surface area (Å²) < 4.78 is 0. The minimum absolute atomic E-state index is 0.169. The van der Waals surface area contributed by atoms with E-state index in [0.717, 1.165) is 17.6 Å². The summed E-state index contributed by atoms with van der Waals surface area (Å²) in [5, 5.41) is 0. The SMILES string of the molecule is CC(=O)C1=CCc2cc(C)ccc21. The zero-order chi connectivity index (χ0) is 9.42. The van der Waals surface area contributed by atoms with Crippen LogP contribution >= 0.6 is 0 Å². The molecule has 0 fully saturated rings. The van der Waals surface area contributed by atoms with E-state index in [4.69, 9.17) is 0 Å². The first-order valence-electron chi connectivity index (χ1n) is 4.49. The number of carbonyl (C=O) groups is 1. The Balaban J connectivity index is 2.51. The number of benzene rings is 1. The van der Waals surface area contributed by atoms with Crippen molar-refractivity contribution in [3.63, 3.8) is 0 Å². The number of carbonyl (C=O) groups excluding carboxylic acids is 1. The fourth-order valence-corrected chi connectivity index (χ4v) is 1.81. The number of aryl methyl sites for hydroxylation is 1. The molecule has 0 amide bonds. The lowest BCUT2D eigenvalue weighted by Crippen LogP contribution is -1.93. The van der Waals surface area contributed by atoms with Crippen LogP contribution in [0, 0.1) is 6.92 Å². The quantitative estimate of drug-likeness (QED) is 0.636. The molecular formula is C12H12O. The van der Waals surface area contributed by atoms with Crippen LogP contribution in [0.2, 0.25) is 0 Å². The Morgan fingerprint density at radius 1 is 1.38 bits per heavy atom. The summed E-state index contributed by atoms with van der Waals surface area (Å²) >= 11 is 0. The Morgan fingerprint density at radius 3 is 2.85 bits per heavy atom. The van der Waals surface area contributed by atoms with Crippen LogP contribution < -0.4 is 0 Å². The van der Waals surface area contributed by atoms with Crippen molar-refractivity contribution in [2.24, 2.45) is 0 Å². The van der Waals surface area contributed by atoms with Gasteiger partial charge in [-0.3, -0.25) is 4.79 Å². The van der Waals surface area contributed by atoms with E-state index in [1.807, 2.05) is 12.1 Å². The Hall–Kier alpha value is -1.37.